The maximum Gasteiger partial charge on any atom is 0.412 e. The van der Waals surface area contributed by atoms with Crippen molar-refractivity contribution in [1.82, 2.24) is 5.48 Å². The van der Waals surface area contributed by atoms with Gasteiger partial charge in [0.05, 0.1) is 5.69 Å². The van der Waals surface area contributed by atoms with E-state index in [0.717, 1.165) is 16.8 Å². The number of rotatable bonds is 8. The summed E-state index contributed by atoms with van der Waals surface area (Å²) in [7, 11) is 0. The first-order chi connectivity index (χ1) is 16.2. The molecule has 0 spiro atoms. The third-order valence-corrected chi connectivity index (χ3v) is 5.57. The van der Waals surface area contributed by atoms with E-state index in [2.05, 4.69) is 5.32 Å². The van der Waals surface area contributed by atoms with E-state index in [9.17, 15) is 19.1 Å². The SMILES string of the molecule is CC(C)(CC/C=C/C(=O)NO)[C@H](OC(=O)Nc1cccc2ccccc12)c1ccc(O)c(F)c1. The first kappa shape index (κ1) is 24.7. The van der Waals surface area contributed by atoms with Crippen LogP contribution >= 0.6 is 0 Å². The van der Waals surface area contributed by atoms with Crippen LogP contribution in [0.4, 0.5) is 14.9 Å². The molecule has 8 heteroatoms. The number of hydroxylamine groups is 1. The van der Waals surface area contributed by atoms with Crippen molar-refractivity contribution in [1.29, 1.82) is 0 Å². The van der Waals surface area contributed by atoms with Crippen LogP contribution in [0.2, 0.25) is 0 Å². The van der Waals surface area contributed by atoms with E-state index in [0.29, 0.717) is 24.1 Å². The Bertz CT molecular complexity index is 1200. The van der Waals surface area contributed by atoms with Crippen molar-refractivity contribution in [2.24, 2.45) is 5.41 Å². The van der Waals surface area contributed by atoms with E-state index in [1.807, 2.05) is 50.2 Å². The van der Waals surface area contributed by atoms with Gasteiger partial charge in [-0.05, 0) is 42.0 Å². The van der Waals surface area contributed by atoms with Gasteiger partial charge in [-0.2, -0.15) is 0 Å². The third kappa shape index (κ3) is 6.11. The molecule has 0 fully saturated rings. The van der Waals surface area contributed by atoms with Crippen LogP contribution in [0.25, 0.3) is 10.8 Å². The molecule has 0 saturated carbocycles. The molecular formula is C26H27FN2O5. The molecule has 0 heterocycles. The highest BCUT2D eigenvalue weighted by Gasteiger charge is 2.34. The van der Waals surface area contributed by atoms with Gasteiger partial charge in [0.2, 0.25) is 0 Å². The molecule has 178 valence electrons. The molecule has 3 aromatic rings. The minimum absolute atomic E-state index is 0.380. The Kier molecular flexibility index (Phi) is 7.86. The summed E-state index contributed by atoms with van der Waals surface area (Å²) in [6, 6.07) is 17.0. The number of hydrogen-bond acceptors (Lipinski definition) is 5. The summed E-state index contributed by atoms with van der Waals surface area (Å²) in [6.07, 6.45) is 2.11. The maximum absolute atomic E-state index is 14.1. The van der Waals surface area contributed by atoms with E-state index in [-0.39, 0.29) is 0 Å². The minimum Gasteiger partial charge on any atom is -0.505 e. The molecule has 0 aliphatic rings. The zero-order valence-corrected chi connectivity index (χ0v) is 18.9. The molecule has 0 saturated heterocycles. The first-order valence-corrected chi connectivity index (χ1v) is 10.8. The number of fused-ring (bicyclic) bond motifs is 1. The van der Waals surface area contributed by atoms with E-state index < -0.39 is 35.1 Å². The Hall–Kier alpha value is -3.91. The van der Waals surface area contributed by atoms with Crippen molar-refractivity contribution >= 4 is 28.5 Å². The van der Waals surface area contributed by atoms with Crippen LogP contribution in [0.15, 0.2) is 72.8 Å². The molecule has 4 N–H and O–H groups in total. The lowest BCUT2D eigenvalue weighted by molar-refractivity contribution is -0.124. The predicted molar refractivity (Wildman–Crippen MR) is 127 cm³/mol. The highest BCUT2D eigenvalue weighted by Crippen LogP contribution is 2.41. The van der Waals surface area contributed by atoms with Crippen LogP contribution in [-0.4, -0.2) is 22.3 Å². The normalized spacial score (nSPS) is 12.5. The van der Waals surface area contributed by atoms with Crippen LogP contribution in [0, 0.1) is 11.2 Å². The molecule has 7 nitrogen and oxygen atoms in total. The standard InChI is InChI=1S/C26H27FN2O5/c1-26(2,15-6-5-12-23(31)29-33)24(18-13-14-22(30)20(27)16-18)34-25(32)28-21-11-7-9-17-8-3-4-10-19(17)21/h3-5,7-14,16,24,30,33H,6,15H2,1-2H3,(H,28,32)(H,29,31)/b12-5+/t24-/m1/s1. The number of amides is 2. The quantitative estimate of drug-likeness (QED) is 0.189. The molecule has 0 aromatic heterocycles. The highest BCUT2D eigenvalue weighted by molar-refractivity contribution is 6.00. The molecule has 0 aliphatic carbocycles. The number of phenols is 1. The van der Waals surface area contributed by atoms with Crippen molar-refractivity contribution < 1.29 is 29.0 Å². The van der Waals surface area contributed by atoms with E-state index in [1.54, 1.807) is 12.1 Å². The lowest BCUT2D eigenvalue weighted by Gasteiger charge is -2.34. The van der Waals surface area contributed by atoms with Gasteiger partial charge >= 0.3 is 6.09 Å². The number of anilines is 1. The van der Waals surface area contributed by atoms with E-state index in [1.165, 1.54) is 23.7 Å². The van der Waals surface area contributed by atoms with Crippen molar-refractivity contribution in [3.8, 4) is 5.75 Å². The maximum atomic E-state index is 14.1. The first-order valence-electron chi connectivity index (χ1n) is 10.8. The number of carbonyl (C=O) groups excluding carboxylic acids is 2. The predicted octanol–water partition coefficient (Wildman–Crippen LogP) is 5.84. The van der Waals surface area contributed by atoms with Gasteiger partial charge < -0.3 is 9.84 Å². The van der Waals surface area contributed by atoms with Gasteiger partial charge in [0.15, 0.2) is 11.6 Å². The molecule has 1 atom stereocenters. The summed E-state index contributed by atoms with van der Waals surface area (Å²) in [5.74, 6) is -1.98. The largest absolute Gasteiger partial charge is 0.505 e. The van der Waals surface area contributed by atoms with Crippen LogP contribution < -0.4 is 10.8 Å². The topological polar surface area (TPSA) is 108 Å². The number of allylic oxidation sites excluding steroid dienone is 1. The number of ether oxygens (including phenoxy) is 1. The molecular weight excluding hydrogens is 439 g/mol. The fourth-order valence-corrected chi connectivity index (χ4v) is 3.76. The molecule has 34 heavy (non-hydrogen) atoms. The van der Waals surface area contributed by atoms with Gasteiger partial charge in [0, 0.05) is 16.9 Å². The van der Waals surface area contributed by atoms with E-state index >= 15 is 0 Å². The highest BCUT2D eigenvalue weighted by atomic mass is 19.1. The zero-order chi connectivity index (χ0) is 24.7. The van der Waals surface area contributed by atoms with Crippen molar-refractivity contribution in [3.05, 3.63) is 84.2 Å². The van der Waals surface area contributed by atoms with Gasteiger partial charge in [0.1, 0.15) is 6.10 Å². The Balaban J connectivity index is 1.84. The monoisotopic (exact) mass is 466 g/mol. The second-order valence-electron chi connectivity index (χ2n) is 8.55. The number of aromatic hydroxyl groups is 1. The van der Waals surface area contributed by atoms with Gasteiger partial charge in [-0.15, -0.1) is 0 Å². The summed E-state index contributed by atoms with van der Waals surface area (Å²) >= 11 is 0. The smallest absolute Gasteiger partial charge is 0.412 e. The van der Waals surface area contributed by atoms with E-state index in [4.69, 9.17) is 9.94 Å². The molecule has 0 bridgehead atoms. The Morgan fingerprint density at radius 2 is 1.85 bits per heavy atom. The third-order valence-electron chi connectivity index (χ3n) is 5.57. The minimum atomic E-state index is -0.863. The Labute approximate surface area is 196 Å². The molecule has 3 rings (SSSR count). The number of hydrogen-bond donors (Lipinski definition) is 4. The molecule has 0 aliphatic heterocycles. The van der Waals surface area contributed by atoms with Crippen LogP contribution in [0.5, 0.6) is 5.75 Å². The number of halogens is 1. The lowest BCUT2D eigenvalue weighted by atomic mass is 9.78. The second kappa shape index (κ2) is 10.8. The van der Waals surface area contributed by atoms with Gasteiger partial charge in [-0.1, -0.05) is 62.4 Å². The average molecular weight is 467 g/mol. The number of nitrogens with one attached hydrogen (secondary N) is 2. The number of benzene rings is 3. The Morgan fingerprint density at radius 3 is 2.59 bits per heavy atom. The molecule has 2 amide bonds. The van der Waals surface area contributed by atoms with Gasteiger partial charge in [-0.3, -0.25) is 15.3 Å². The summed E-state index contributed by atoms with van der Waals surface area (Å²) in [6.45, 7) is 3.71. The number of carbonyl (C=O) groups is 2. The fourth-order valence-electron chi connectivity index (χ4n) is 3.76. The zero-order valence-electron chi connectivity index (χ0n) is 18.9. The van der Waals surface area contributed by atoms with Gasteiger partial charge in [-0.25, -0.2) is 14.7 Å². The molecule has 0 unspecified atom stereocenters. The van der Waals surface area contributed by atoms with Gasteiger partial charge in [0.25, 0.3) is 5.91 Å². The summed E-state index contributed by atoms with van der Waals surface area (Å²) < 4.78 is 19.9. The van der Waals surface area contributed by atoms with Crippen LogP contribution in [0.1, 0.15) is 38.4 Å². The lowest BCUT2D eigenvalue weighted by Crippen LogP contribution is -2.29. The Morgan fingerprint density at radius 1 is 1.12 bits per heavy atom. The average Bonchev–Trinajstić information content (AvgIpc) is 2.82. The second-order valence-corrected chi connectivity index (χ2v) is 8.55. The van der Waals surface area contributed by atoms with Crippen LogP contribution in [-0.2, 0) is 9.53 Å². The number of phenolic OH excluding ortho intramolecular Hbond substituents is 1. The van der Waals surface area contributed by atoms with Crippen molar-refractivity contribution in [2.45, 2.75) is 32.8 Å². The molecule has 3 aromatic carbocycles. The van der Waals surface area contributed by atoms with Crippen LogP contribution in [0.3, 0.4) is 0 Å². The fraction of sp³-hybridized carbons (Fsp3) is 0.231. The van der Waals surface area contributed by atoms with Crippen molar-refractivity contribution in [3.63, 3.8) is 0 Å². The van der Waals surface area contributed by atoms with Crippen molar-refractivity contribution in [2.75, 3.05) is 5.32 Å². The summed E-state index contributed by atoms with van der Waals surface area (Å²) in [5, 5.41) is 22.8. The summed E-state index contributed by atoms with van der Waals surface area (Å²) in [4.78, 5) is 24.1. The summed E-state index contributed by atoms with van der Waals surface area (Å²) in [5.41, 5.74) is 1.79. The molecule has 0 radical (unpaired) electrons.